The summed E-state index contributed by atoms with van der Waals surface area (Å²) in [4.78, 5) is 14.7. The smallest absolute Gasteiger partial charge is 0.253 e. The fraction of sp³-hybridized carbons (Fsp3) is 0.238. The van der Waals surface area contributed by atoms with Crippen LogP contribution in [-0.4, -0.2) is 34.1 Å². The summed E-state index contributed by atoms with van der Waals surface area (Å²) >= 11 is 0. The molecule has 1 amide bonds. The van der Waals surface area contributed by atoms with E-state index in [0.29, 0.717) is 0 Å². The number of amides is 1. The third kappa shape index (κ3) is 3.07. The summed E-state index contributed by atoms with van der Waals surface area (Å²) in [5, 5.41) is 7.16. The van der Waals surface area contributed by atoms with Crippen molar-refractivity contribution in [3.8, 4) is 11.1 Å². The number of carbonyl (C=O) groups excluding carboxylic acids is 1. The summed E-state index contributed by atoms with van der Waals surface area (Å²) in [6.07, 6.45) is 4.68. The Morgan fingerprint density at radius 3 is 2.56 bits per heavy atom. The van der Waals surface area contributed by atoms with Gasteiger partial charge in [-0.25, -0.2) is 0 Å². The van der Waals surface area contributed by atoms with E-state index in [1.165, 1.54) is 11.3 Å². The molecule has 0 radical (unpaired) electrons. The molecular formula is C21H21N3O. The molecule has 4 nitrogen and oxygen atoms in total. The van der Waals surface area contributed by atoms with Gasteiger partial charge >= 0.3 is 0 Å². The molecule has 0 bridgehead atoms. The van der Waals surface area contributed by atoms with Gasteiger partial charge in [0.1, 0.15) is 0 Å². The first-order valence-electron chi connectivity index (χ1n) is 8.66. The van der Waals surface area contributed by atoms with Crippen molar-refractivity contribution in [2.24, 2.45) is 0 Å². The van der Waals surface area contributed by atoms with Gasteiger partial charge in [0, 0.05) is 24.3 Å². The zero-order valence-corrected chi connectivity index (χ0v) is 14.3. The van der Waals surface area contributed by atoms with E-state index in [4.69, 9.17) is 0 Å². The van der Waals surface area contributed by atoms with Crippen molar-refractivity contribution >= 4 is 5.91 Å². The first-order chi connectivity index (χ1) is 12.2. The minimum absolute atomic E-state index is 0.0801. The fourth-order valence-electron chi connectivity index (χ4n) is 3.53. The van der Waals surface area contributed by atoms with Gasteiger partial charge < -0.3 is 4.90 Å². The number of aromatic nitrogens is 2. The average molecular weight is 331 g/mol. The van der Waals surface area contributed by atoms with Gasteiger partial charge in [-0.15, -0.1) is 0 Å². The van der Waals surface area contributed by atoms with E-state index in [9.17, 15) is 4.79 Å². The summed E-state index contributed by atoms with van der Waals surface area (Å²) in [6, 6.07) is 18.3. The highest BCUT2D eigenvalue weighted by Crippen LogP contribution is 2.24. The van der Waals surface area contributed by atoms with Crippen LogP contribution in [0.15, 0.2) is 60.8 Å². The number of H-pyrrole nitrogens is 1. The highest BCUT2D eigenvalue weighted by molar-refractivity contribution is 5.94. The molecule has 4 rings (SSSR count). The SMILES string of the molecule is CN(C(=O)c1ccc(-c2ccccc2)cc1)C1CCc2[nH]ncc2C1. The molecule has 1 N–H and O–H groups in total. The molecule has 3 aromatic rings. The molecule has 1 atom stereocenters. The van der Waals surface area contributed by atoms with Crippen LogP contribution in [0.5, 0.6) is 0 Å². The van der Waals surface area contributed by atoms with Gasteiger partial charge in [-0.1, -0.05) is 42.5 Å². The van der Waals surface area contributed by atoms with Gasteiger partial charge in [0.15, 0.2) is 0 Å². The second-order valence-electron chi connectivity index (χ2n) is 6.63. The summed E-state index contributed by atoms with van der Waals surface area (Å²) in [5.41, 5.74) is 5.47. The number of rotatable bonds is 3. The Hall–Kier alpha value is -2.88. The van der Waals surface area contributed by atoms with E-state index in [0.717, 1.165) is 36.0 Å². The van der Waals surface area contributed by atoms with E-state index in [-0.39, 0.29) is 11.9 Å². The van der Waals surface area contributed by atoms with E-state index in [1.54, 1.807) is 0 Å². The molecule has 1 aliphatic carbocycles. The molecule has 4 heteroatoms. The van der Waals surface area contributed by atoms with Gasteiger partial charge in [0.25, 0.3) is 5.91 Å². The maximum Gasteiger partial charge on any atom is 0.253 e. The monoisotopic (exact) mass is 331 g/mol. The number of likely N-dealkylation sites (N-methyl/N-ethyl adjacent to an activating group) is 1. The molecule has 1 unspecified atom stereocenters. The first-order valence-corrected chi connectivity index (χ1v) is 8.66. The zero-order chi connectivity index (χ0) is 17.2. The van der Waals surface area contributed by atoms with E-state index in [2.05, 4.69) is 22.3 Å². The Labute approximate surface area is 147 Å². The van der Waals surface area contributed by atoms with Gasteiger partial charge in [0.05, 0.1) is 6.20 Å². The lowest BCUT2D eigenvalue weighted by molar-refractivity contribution is 0.0718. The number of hydrogen-bond donors (Lipinski definition) is 1. The Morgan fingerprint density at radius 2 is 1.80 bits per heavy atom. The number of aryl methyl sites for hydroxylation is 1. The molecule has 0 spiro atoms. The van der Waals surface area contributed by atoms with Crippen LogP contribution in [0.2, 0.25) is 0 Å². The van der Waals surface area contributed by atoms with Crippen molar-refractivity contribution in [3.63, 3.8) is 0 Å². The first kappa shape index (κ1) is 15.6. The minimum atomic E-state index is 0.0801. The number of benzene rings is 2. The number of carbonyl (C=O) groups is 1. The maximum absolute atomic E-state index is 12.8. The van der Waals surface area contributed by atoms with Crippen LogP contribution < -0.4 is 0 Å². The standard InChI is InChI=1S/C21H21N3O/c1-24(19-11-12-20-18(13-19)14-22-23-20)21(25)17-9-7-16(8-10-17)15-5-3-2-4-6-15/h2-10,14,19H,11-13H2,1H3,(H,22,23). The normalized spacial score (nSPS) is 16.3. The summed E-state index contributed by atoms with van der Waals surface area (Å²) < 4.78 is 0. The van der Waals surface area contributed by atoms with Crippen LogP contribution in [0.25, 0.3) is 11.1 Å². The van der Waals surface area contributed by atoms with E-state index >= 15 is 0 Å². The molecule has 0 fully saturated rings. The van der Waals surface area contributed by atoms with Gasteiger partial charge in [-0.05, 0) is 48.1 Å². The predicted molar refractivity (Wildman–Crippen MR) is 98.4 cm³/mol. The summed E-state index contributed by atoms with van der Waals surface area (Å²) in [5.74, 6) is 0.0801. The molecule has 126 valence electrons. The lowest BCUT2D eigenvalue weighted by atomic mass is 9.92. The second kappa shape index (κ2) is 6.55. The predicted octanol–water partition coefficient (Wildman–Crippen LogP) is 3.71. The topological polar surface area (TPSA) is 49.0 Å². The second-order valence-corrected chi connectivity index (χ2v) is 6.63. The Bertz CT molecular complexity index is 868. The summed E-state index contributed by atoms with van der Waals surface area (Å²) in [7, 11) is 1.91. The maximum atomic E-state index is 12.8. The van der Waals surface area contributed by atoms with Crippen molar-refractivity contribution in [2.75, 3.05) is 7.05 Å². The molecular weight excluding hydrogens is 310 g/mol. The number of fused-ring (bicyclic) bond motifs is 1. The number of aromatic amines is 1. The highest BCUT2D eigenvalue weighted by atomic mass is 16.2. The molecule has 25 heavy (non-hydrogen) atoms. The van der Waals surface area contributed by atoms with E-state index in [1.807, 2.05) is 60.6 Å². The molecule has 1 heterocycles. The van der Waals surface area contributed by atoms with E-state index < -0.39 is 0 Å². The number of nitrogens with one attached hydrogen (secondary N) is 1. The molecule has 0 saturated carbocycles. The Kier molecular flexibility index (Phi) is 4.10. The lowest BCUT2D eigenvalue weighted by Crippen LogP contribution is -2.40. The number of nitrogens with zero attached hydrogens (tertiary/aromatic N) is 2. The summed E-state index contributed by atoms with van der Waals surface area (Å²) in [6.45, 7) is 0. The minimum Gasteiger partial charge on any atom is -0.338 e. The van der Waals surface area contributed by atoms with Crippen LogP contribution in [0.4, 0.5) is 0 Å². The van der Waals surface area contributed by atoms with Gasteiger partial charge in [-0.3, -0.25) is 9.89 Å². The zero-order valence-electron chi connectivity index (χ0n) is 14.3. The van der Waals surface area contributed by atoms with Crippen molar-refractivity contribution in [1.29, 1.82) is 0 Å². The largest absolute Gasteiger partial charge is 0.338 e. The van der Waals surface area contributed by atoms with Crippen molar-refractivity contribution in [3.05, 3.63) is 77.6 Å². The lowest BCUT2D eigenvalue weighted by Gasteiger charge is -2.31. The third-order valence-electron chi connectivity index (χ3n) is 5.10. The molecule has 1 aliphatic rings. The average Bonchev–Trinajstić information content (AvgIpc) is 3.15. The molecule has 1 aromatic heterocycles. The molecule has 0 saturated heterocycles. The van der Waals surface area contributed by atoms with Crippen LogP contribution >= 0.6 is 0 Å². The Balaban J connectivity index is 1.49. The Morgan fingerprint density at radius 1 is 1.08 bits per heavy atom. The highest BCUT2D eigenvalue weighted by Gasteiger charge is 2.26. The fourth-order valence-corrected chi connectivity index (χ4v) is 3.53. The molecule has 0 aliphatic heterocycles. The van der Waals surface area contributed by atoms with Gasteiger partial charge in [0.2, 0.25) is 0 Å². The number of hydrogen-bond acceptors (Lipinski definition) is 2. The third-order valence-corrected chi connectivity index (χ3v) is 5.10. The van der Waals surface area contributed by atoms with Crippen molar-refractivity contribution in [2.45, 2.75) is 25.3 Å². The van der Waals surface area contributed by atoms with Crippen LogP contribution in [0.1, 0.15) is 28.0 Å². The van der Waals surface area contributed by atoms with Crippen LogP contribution in [0, 0.1) is 0 Å². The van der Waals surface area contributed by atoms with Crippen LogP contribution in [0.3, 0.4) is 0 Å². The molecule has 2 aromatic carbocycles. The quantitative estimate of drug-likeness (QED) is 0.795. The van der Waals surface area contributed by atoms with Crippen LogP contribution in [-0.2, 0) is 12.8 Å². The van der Waals surface area contributed by atoms with Crippen molar-refractivity contribution in [1.82, 2.24) is 15.1 Å². The van der Waals surface area contributed by atoms with Gasteiger partial charge in [-0.2, -0.15) is 5.10 Å². The van der Waals surface area contributed by atoms with Crippen molar-refractivity contribution < 1.29 is 4.79 Å².